The fourth-order valence-corrected chi connectivity index (χ4v) is 3.56. The number of primary amides is 1. The highest BCUT2D eigenvalue weighted by Gasteiger charge is 2.29. The molecule has 162 valence electrons. The number of benzene rings is 1. The van der Waals surface area contributed by atoms with Gasteiger partial charge >= 0.3 is 6.09 Å². The summed E-state index contributed by atoms with van der Waals surface area (Å²) in [5.41, 5.74) is 13.4. The average molecular weight is 407 g/mol. The van der Waals surface area contributed by atoms with E-state index in [1.165, 1.54) is 0 Å². The number of nitrogens with zero attached hydrogens (tertiary/aromatic N) is 2. The smallest absolute Gasteiger partial charge is 0.405 e. The second kappa shape index (κ2) is 9.56. The first-order chi connectivity index (χ1) is 13.5. The number of aliphatic hydroxyl groups is 1. The van der Waals surface area contributed by atoms with Gasteiger partial charge in [-0.25, -0.2) is 9.79 Å². The van der Waals surface area contributed by atoms with Crippen LogP contribution in [0.25, 0.3) is 0 Å². The third-order valence-corrected chi connectivity index (χ3v) is 5.01. The largest absolute Gasteiger partial charge is 0.444 e. The molecule has 1 amide bonds. The quantitative estimate of drug-likeness (QED) is 0.707. The molecule has 0 radical (unpaired) electrons. The van der Waals surface area contributed by atoms with Gasteiger partial charge in [-0.05, 0) is 50.5 Å². The summed E-state index contributed by atoms with van der Waals surface area (Å²) in [4.78, 5) is 17.0. The summed E-state index contributed by atoms with van der Waals surface area (Å²) >= 11 is 0. The number of hydrogen-bond donors (Lipinski definition) is 3. The zero-order valence-electron chi connectivity index (χ0n) is 18.0. The van der Waals surface area contributed by atoms with Gasteiger partial charge in [-0.15, -0.1) is 0 Å². The molecule has 29 heavy (non-hydrogen) atoms. The first-order valence-electron chi connectivity index (χ1n) is 9.86. The molecule has 0 aromatic heterocycles. The van der Waals surface area contributed by atoms with Gasteiger partial charge in [-0.1, -0.05) is 6.07 Å². The number of nitrogens with two attached hydrogens (primary N) is 2. The average Bonchev–Trinajstić information content (AvgIpc) is 3.08. The highest BCUT2D eigenvalue weighted by atomic mass is 16.6. The number of fused-ring (bicyclic) bond motifs is 1. The van der Waals surface area contributed by atoms with E-state index in [0.29, 0.717) is 12.5 Å². The molecule has 8 heteroatoms. The van der Waals surface area contributed by atoms with E-state index in [9.17, 15) is 9.90 Å². The van der Waals surface area contributed by atoms with Crippen molar-refractivity contribution in [2.75, 3.05) is 20.8 Å². The van der Waals surface area contributed by atoms with Crippen LogP contribution >= 0.6 is 0 Å². The molecule has 1 heterocycles. The first kappa shape index (κ1) is 23.1. The maximum atomic E-state index is 10.0. The fourth-order valence-electron chi connectivity index (χ4n) is 3.56. The minimum absolute atomic E-state index is 0.289. The Hall–Kier alpha value is -2.16. The Labute approximate surface area is 172 Å². The Morgan fingerprint density at radius 2 is 2.07 bits per heavy atom. The lowest BCUT2D eigenvalue weighted by atomic mass is 10.1. The Kier molecular flexibility index (Phi) is 7.62. The standard InChI is InChI=1S/C16H23N3O2.C5H11NO2/c1-19-12(9-21-2)5-6-15(19)18-11-4-3-10-7-14(20)16(17)13(10)8-11;1-5(2,3)8-4(6)7/h3-4,8,12,14,16,20H,5-7,9,17H2,1-2H3;1-3H3,(H2,6,7)/t12-,14-,16-;/m1./s1. The SMILES string of the molecule is CC(C)(C)OC(N)=O.COC[C@H]1CCC(=Nc2ccc3c(c2)[C@@H](N)[C@H](O)C3)N1C. The Morgan fingerprint density at radius 1 is 1.38 bits per heavy atom. The molecule has 0 spiro atoms. The zero-order valence-corrected chi connectivity index (χ0v) is 18.0. The van der Waals surface area contributed by atoms with Gasteiger partial charge in [0.1, 0.15) is 11.4 Å². The molecule has 1 saturated heterocycles. The van der Waals surface area contributed by atoms with Crippen molar-refractivity contribution in [3.63, 3.8) is 0 Å². The van der Waals surface area contributed by atoms with Crippen LogP contribution in [-0.4, -0.2) is 60.4 Å². The van der Waals surface area contributed by atoms with E-state index >= 15 is 0 Å². The Bertz CT molecular complexity index is 745. The normalized spacial score (nSPS) is 24.9. The van der Waals surface area contributed by atoms with Gasteiger partial charge in [-0.2, -0.15) is 0 Å². The predicted molar refractivity (Wildman–Crippen MR) is 113 cm³/mol. The number of aliphatic imine (C=N–C) groups is 1. The van der Waals surface area contributed by atoms with Gasteiger partial charge in [0.25, 0.3) is 0 Å². The van der Waals surface area contributed by atoms with Gasteiger partial charge in [0.15, 0.2) is 0 Å². The van der Waals surface area contributed by atoms with Crippen molar-refractivity contribution >= 4 is 17.6 Å². The third kappa shape index (κ3) is 6.42. The van der Waals surface area contributed by atoms with E-state index in [-0.39, 0.29) is 6.04 Å². The Morgan fingerprint density at radius 3 is 2.62 bits per heavy atom. The third-order valence-electron chi connectivity index (χ3n) is 5.01. The van der Waals surface area contributed by atoms with Crippen molar-refractivity contribution in [2.24, 2.45) is 16.5 Å². The molecule has 5 N–H and O–H groups in total. The van der Waals surface area contributed by atoms with Crippen LogP contribution in [0.3, 0.4) is 0 Å². The van der Waals surface area contributed by atoms with Gasteiger partial charge in [0, 0.05) is 27.0 Å². The molecule has 1 aromatic carbocycles. The van der Waals surface area contributed by atoms with Crippen molar-refractivity contribution in [1.29, 1.82) is 0 Å². The number of aliphatic hydroxyl groups excluding tert-OH is 1. The molecular weight excluding hydrogens is 372 g/mol. The summed E-state index contributed by atoms with van der Waals surface area (Å²) in [7, 11) is 3.80. The lowest BCUT2D eigenvalue weighted by Gasteiger charge is -2.21. The zero-order chi connectivity index (χ0) is 21.8. The molecule has 1 fully saturated rings. The number of ether oxygens (including phenoxy) is 2. The van der Waals surface area contributed by atoms with E-state index in [4.69, 9.17) is 21.2 Å². The summed E-state index contributed by atoms with van der Waals surface area (Å²) in [5.74, 6) is 1.09. The van der Waals surface area contributed by atoms with Crippen LogP contribution in [0.1, 0.15) is 50.8 Å². The Balaban J connectivity index is 0.000000321. The molecular formula is C21H34N4O4. The highest BCUT2D eigenvalue weighted by molar-refractivity contribution is 5.87. The number of carbonyl (C=O) groups is 1. The van der Waals surface area contributed by atoms with Crippen LogP contribution in [0.4, 0.5) is 10.5 Å². The monoisotopic (exact) mass is 406 g/mol. The van der Waals surface area contributed by atoms with Crippen LogP contribution in [0.5, 0.6) is 0 Å². The topological polar surface area (TPSA) is 123 Å². The molecule has 1 aliphatic carbocycles. The molecule has 8 nitrogen and oxygen atoms in total. The summed E-state index contributed by atoms with van der Waals surface area (Å²) in [5, 5.41) is 9.85. The van der Waals surface area contributed by atoms with Crippen LogP contribution in [0.15, 0.2) is 23.2 Å². The minimum Gasteiger partial charge on any atom is -0.444 e. The summed E-state index contributed by atoms with van der Waals surface area (Å²) < 4.78 is 9.82. The van der Waals surface area contributed by atoms with Crippen molar-refractivity contribution in [2.45, 2.75) is 63.8 Å². The summed E-state index contributed by atoms with van der Waals surface area (Å²) in [6.45, 7) is 6.02. The number of carbonyl (C=O) groups excluding carboxylic acids is 1. The molecule has 1 aliphatic heterocycles. The number of rotatable bonds is 3. The molecule has 1 aromatic rings. The minimum atomic E-state index is -0.725. The van der Waals surface area contributed by atoms with Gasteiger partial charge in [-0.3, -0.25) is 0 Å². The second-order valence-corrected chi connectivity index (χ2v) is 8.50. The summed E-state index contributed by atoms with van der Waals surface area (Å²) in [6, 6.07) is 6.18. The number of likely N-dealkylation sites (N-methyl/N-ethyl adjacent to an activating group) is 1. The predicted octanol–water partition coefficient (Wildman–Crippen LogP) is 2.25. The van der Waals surface area contributed by atoms with Crippen LogP contribution in [0.2, 0.25) is 0 Å². The second-order valence-electron chi connectivity index (χ2n) is 8.50. The van der Waals surface area contributed by atoms with E-state index in [1.54, 1.807) is 27.9 Å². The van der Waals surface area contributed by atoms with Crippen LogP contribution in [0, 0.1) is 0 Å². The number of amides is 1. The number of amidine groups is 1. The van der Waals surface area contributed by atoms with E-state index < -0.39 is 17.8 Å². The van der Waals surface area contributed by atoms with Crippen LogP contribution in [-0.2, 0) is 15.9 Å². The van der Waals surface area contributed by atoms with E-state index in [1.807, 2.05) is 18.2 Å². The molecule has 0 unspecified atom stereocenters. The van der Waals surface area contributed by atoms with Crippen LogP contribution < -0.4 is 11.5 Å². The van der Waals surface area contributed by atoms with Crippen molar-refractivity contribution in [1.82, 2.24) is 4.90 Å². The highest BCUT2D eigenvalue weighted by Crippen LogP contribution is 2.33. The summed E-state index contributed by atoms with van der Waals surface area (Å²) in [6.07, 6.45) is 1.49. The molecule has 2 aliphatic rings. The van der Waals surface area contributed by atoms with Gasteiger partial charge in [0.2, 0.25) is 0 Å². The lowest BCUT2D eigenvalue weighted by molar-refractivity contribution is 0.0600. The number of hydrogen-bond acceptors (Lipinski definition) is 6. The fraction of sp³-hybridized carbons (Fsp3) is 0.619. The number of methoxy groups -OCH3 is 1. The molecule has 3 atom stereocenters. The first-order valence-corrected chi connectivity index (χ1v) is 9.86. The maximum Gasteiger partial charge on any atom is 0.405 e. The molecule has 0 saturated carbocycles. The van der Waals surface area contributed by atoms with Crippen molar-refractivity contribution < 1.29 is 19.4 Å². The van der Waals surface area contributed by atoms with Crippen molar-refractivity contribution in [3.8, 4) is 0 Å². The molecule has 3 rings (SSSR count). The number of likely N-dealkylation sites (tertiary alicyclic amines) is 1. The van der Waals surface area contributed by atoms with Gasteiger partial charge in [0.05, 0.1) is 30.5 Å². The van der Waals surface area contributed by atoms with Gasteiger partial charge < -0.3 is 30.9 Å². The van der Waals surface area contributed by atoms with Crippen molar-refractivity contribution in [3.05, 3.63) is 29.3 Å². The lowest BCUT2D eigenvalue weighted by Crippen LogP contribution is -2.32. The maximum absolute atomic E-state index is 10.0. The molecule has 0 bridgehead atoms. The van der Waals surface area contributed by atoms with E-state index in [0.717, 1.165) is 42.1 Å². The van der Waals surface area contributed by atoms with E-state index in [2.05, 4.69) is 16.7 Å².